The van der Waals surface area contributed by atoms with Crippen LogP contribution in [0.3, 0.4) is 0 Å². The van der Waals surface area contributed by atoms with Crippen molar-refractivity contribution >= 4 is 13.3 Å². The fourth-order valence-corrected chi connectivity index (χ4v) is 1.78. The normalized spacial score (nSPS) is 18.7. The predicted molar refractivity (Wildman–Crippen MR) is 61.8 cm³/mol. The van der Waals surface area contributed by atoms with Gasteiger partial charge >= 0.3 is 12.1 Å². The van der Waals surface area contributed by atoms with E-state index in [1.54, 1.807) is 0 Å². The van der Waals surface area contributed by atoms with E-state index in [0.29, 0.717) is 0 Å². The van der Waals surface area contributed by atoms with Gasteiger partial charge in [0.1, 0.15) is 20.1 Å². The van der Waals surface area contributed by atoms with Gasteiger partial charge in [-0.15, -0.1) is 4.65 Å². The Kier molecular flexibility index (Phi) is 6.64. The van der Waals surface area contributed by atoms with Crippen LogP contribution in [0.1, 0.15) is 12.8 Å². The molecule has 2 atom stereocenters. The van der Waals surface area contributed by atoms with Crippen LogP contribution in [-0.2, 0) is 9.36 Å². The molecule has 0 aromatic carbocycles. The summed E-state index contributed by atoms with van der Waals surface area (Å²) in [5, 5.41) is 12.0. The molecule has 0 spiro atoms. The fraction of sp³-hybridized carbons (Fsp3) is 0.889. The van der Waals surface area contributed by atoms with Crippen molar-refractivity contribution < 1.29 is 37.3 Å². The molecule has 0 saturated heterocycles. The third-order valence-corrected chi connectivity index (χ3v) is 3.08. The predicted octanol–water partition coefficient (Wildman–Crippen LogP) is 1.14. The van der Waals surface area contributed by atoms with E-state index < -0.39 is 37.1 Å². The van der Waals surface area contributed by atoms with Gasteiger partial charge in [0.25, 0.3) is 0 Å². The first-order valence-corrected chi connectivity index (χ1v) is 7.81. The molecular weight excluding hydrogens is 288 g/mol. The molecular formula is C9H19F3N2O4P+. The maximum Gasteiger partial charge on any atom is 0.389 e. The average molecular weight is 307 g/mol. The Hall–Kier alpha value is -0.470. The van der Waals surface area contributed by atoms with E-state index in [1.807, 2.05) is 0 Å². The van der Waals surface area contributed by atoms with Crippen LogP contribution in [0.2, 0.25) is 0 Å². The highest BCUT2D eigenvalue weighted by atomic mass is 31.2. The molecule has 2 unspecified atom stereocenters. The summed E-state index contributed by atoms with van der Waals surface area (Å²) in [6.45, 7) is 0.334. The van der Waals surface area contributed by atoms with Crippen LogP contribution < -0.4 is 5.32 Å². The molecule has 3 N–H and O–H groups in total. The number of quaternary nitrogens is 1. The monoisotopic (exact) mass is 307 g/mol. The lowest BCUT2D eigenvalue weighted by Crippen LogP contribution is -2.51. The zero-order chi connectivity index (χ0) is 15.3. The van der Waals surface area contributed by atoms with E-state index in [-0.39, 0.29) is 19.3 Å². The Bertz CT molecular complexity index is 354. The Morgan fingerprint density at radius 3 is 2.37 bits per heavy atom. The first kappa shape index (κ1) is 18.5. The van der Waals surface area contributed by atoms with Crippen LogP contribution in [0.5, 0.6) is 0 Å². The topological polar surface area (TPSA) is 86.6 Å². The maximum absolute atomic E-state index is 11.9. The molecule has 0 bridgehead atoms. The summed E-state index contributed by atoms with van der Waals surface area (Å²) in [5.74, 6) is -0.768. The zero-order valence-corrected chi connectivity index (χ0v) is 11.7. The Labute approximate surface area is 109 Å². The summed E-state index contributed by atoms with van der Waals surface area (Å²) in [4.78, 5) is 20.5. The number of hydroxylamine groups is 3. The van der Waals surface area contributed by atoms with Gasteiger partial charge in [0.15, 0.2) is 0 Å². The number of halogens is 3. The molecule has 0 rings (SSSR count). The van der Waals surface area contributed by atoms with Crippen molar-refractivity contribution in [1.29, 1.82) is 0 Å². The summed E-state index contributed by atoms with van der Waals surface area (Å²) in [7, 11) is -2.24. The van der Waals surface area contributed by atoms with Crippen LogP contribution in [0.25, 0.3) is 0 Å². The number of likely N-dealkylation sites (N-methyl/N-ethyl adjacent to an activating group) is 1. The van der Waals surface area contributed by atoms with Gasteiger partial charge in [-0.2, -0.15) is 13.2 Å². The number of nitrogens with one attached hydrogen (secondary N) is 1. The molecule has 0 aliphatic carbocycles. The first-order chi connectivity index (χ1) is 8.33. The van der Waals surface area contributed by atoms with E-state index in [9.17, 15) is 27.7 Å². The zero-order valence-electron chi connectivity index (χ0n) is 10.8. The van der Waals surface area contributed by atoms with Gasteiger partial charge in [0.05, 0.1) is 6.29 Å². The van der Waals surface area contributed by atoms with E-state index in [1.165, 1.54) is 0 Å². The fourth-order valence-electron chi connectivity index (χ4n) is 1.25. The number of amides is 1. The van der Waals surface area contributed by atoms with E-state index in [2.05, 4.69) is 5.32 Å². The molecule has 0 fully saturated rings. The third kappa shape index (κ3) is 10.0. The van der Waals surface area contributed by atoms with Gasteiger partial charge < -0.3 is 4.89 Å². The highest BCUT2D eigenvalue weighted by Crippen LogP contribution is 2.32. The first-order valence-electron chi connectivity index (χ1n) is 5.52. The van der Waals surface area contributed by atoms with Gasteiger partial charge in [-0.25, -0.2) is 10.0 Å². The van der Waals surface area contributed by atoms with Crippen molar-refractivity contribution in [3.63, 3.8) is 0 Å². The number of nitrogens with zero attached hydrogens (tertiary/aromatic N) is 1. The summed E-state index contributed by atoms with van der Waals surface area (Å²) in [6.07, 6.45) is -6.09. The number of alkyl halides is 3. The Morgan fingerprint density at radius 2 is 1.95 bits per heavy atom. The summed E-state index contributed by atoms with van der Waals surface area (Å²) >= 11 is 0. The number of hydrogen-bond donors (Lipinski definition) is 3. The van der Waals surface area contributed by atoms with Crippen molar-refractivity contribution in [3.05, 3.63) is 0 Å². The van der Waals surface area contributed by atoms with Gasteiger partial charge in [-0.3, -0.25) is 9.88 Å². The van der Waals surface area contributed by atoms with Crippen LogP contribution in [0.4, 0.5) is 13.2 Å². The average Bonchev–Trinajstić information content (AvgIpc) is 2.12. The van der Waals surface area contributed by atoms with Crippen LogP contribution in [0, 0.1) is 0 Å². The van der Waals surface area contributed by atoms with Gasteiger partial charge in [-0.1, -0.05) is 0 Å². The highest BCUT2D eigenvalue weighted by Gasteiger charge is 2.33. The lowest BCUT2D eigenvalue weighted by atomic mass is 10.3. The quantitative estimate of drug-likeness (QED) is 0.284. The molecule has 0 aromatic heterocycles. The highest BCUT2D eigenvalue weighted by molar-refractivity contribution is 7.57. The van der Waals surface area contributed by atoms with E-state index in [4.69, 9.17) is 4.89 Å². The summed E-state index contributed by atoms with van der Waals surface area (Å²) < 4.78 is 45.5. The minimum Gasteiger partial charge on any atom is -0.344 e. The molecule has 6 nitrogen and oxygen atoms in total. The Balaban J connectivity index is 4.11. The molecule has 0 aliphatic rings. The Morgan fingerprint density at radius 1 is 1.42 bits per heavy atom. The lowest BCUT2D eigenvalue weighted by Gasteiger charge is -2.23. The molecule has 0 saturated carbocycles. The van der Waals surface area contributed by atoms with E-state index in [0.717, 1.165) is 13.7 Å². The van der Waals surface area contributed by atoms with Crippen molar-refractivity contribution in [2.75, 3.05) is 33.1 Å². The molecule has 0 aromatic rings. The molecule has 10 heteroatoms. The smallest absolute Gasteiger partial charge is 0.344 e. The third-order valence-electron chi connectivity index (χ3n) is 2.27. The molecule has 0 radical (unpaired) electrons. The van der Waals surface area contributed by atoms with Gasteiger partial charge in [0.2, 0.25) is 7.37 Å². The standard InChI is InChI=1S/C9H18F3N2O4P/c1-14(16,5-3-4-9(10,11)12)8(15)6-13-7-19(2,17)18/h13,16H,3-7H2,1-2H3/p+1. The second kappa shape index (κ2) is 6.81. The molecule has 0 heterocycles. The van der Waals surface area contributed by atoms with Crippen LogP contribution in [0.15, 0.2) is 0 Å². The maximum atomic E-state index is 11.9. The van der Waals surface area contributed by atoms with Crippen molar-refractivity contribution in [1.82, 2.24) is 5.32 Å². The number of rotatable bonds is 7. The lowest BCUT2D eigenvalue weighted by molar-refractivity contribution is -1.02. The molecule has 19 heavy (non-hydrogen) atoms. The minimum atomic E-state index is -4.33. The van der Waals surface area contributed by atoms with Crippen molar-refractivity contribution in [3.8, 4) is 0 Å². The number of hydrogen-bond acceptors (Lipinski definition) is 4. The van der Waals surface area contributed by atoms with Crippen molar-refractivity contribution in [2.24, 2.45) is 0 Å². The van der Waals surface area contributed by atoms with Crippen LogP contribution in [-0.4, -0.2) is 59.9 Å². The minimum absolute atomic E-state index is 0.304. The van der Waals surface area contributed by atoms with Gasteiger partial charge in [-0.05, 0) is 0 Å². The summed E-state index contributed by atoms with van der Waals surface area (Å²) in [6, 6.07) is 0. The molecule has 1 amide bonds. The summed E-state index contributed by atoms with van der Waals surface area (Å²) in [5.41, 5.74) is 0. The SMILES string of the molecule is C[N+](O)(CCCC(F)(F)F)C(=O)CNCP(C)(=O)O. The molecule has 0 aliphatic heterocycles. The second-order valence-electron chi connectivity index (χ2n) is 4.61. The second-order valence-corrected chi connectivity index (χ2v) is 7.03. The molecule has 114 valence electrons. The van der Waals surface area contributed by atoms with Crippen LogP contribution >= 0.6 is 7.37 Å². The van der Waals surface area contributed by atoms with E-state index >= 15 is 0 Å². The van der Waals surface area contributed by atoms with Crippen molar-refractivity contribution in [2.45, 2.75) is 19.0 Å². The largest absolute Gasteiger partial charge is 0.389 e. The van der Waals surface area contributed by atoms with Gasteiger partial charge in [0, 0.05) is 19.5 Å². The number of carbonyl (C=O) groups excluding carboxylic acids is 1. The number of carbonyl (C=O) groups is 1.